The molecule has 30 heavy (non-hydrogen) atoms. The summed E-state index contributed by atoms with van der Waals surface area (Å²) in [5, 5.41) is 12.4. The summed E-state index contributed by atoms with van der Waals surface area (Å²) in [5.41, 5.74) is 6.82. The molecule has 166 valence electrons. The maximum atomic E-state index is 12.9. The van der Waals surface area contributed by atoms with Crippen LogP contribution in [0.4, 0.5) is 11.4 Å². The van der Waals surface area contributed by atoms with Gasteiger partial charge >= 0.3 is 0 Å². The molecule has 1 aliphatic rings. The highest BCUT2D eigenvalue weighted by atomic mass is 16.2. The Hall–Kier alpha value is -2.02. The van der Waals surface area contributed by atoms with E-state index >= 15 is 0 Å². The number of nitriles is 1. The van der Waals surface area contributed by atoms with Gasteiger partial charge in [-0.25, -0.2) is 0 Å². The fourth-order valence-corrected chi connectivity index (χ4v) is 4.45. The largest absolute Gasteiger partial charge is 0.369 e. The molecule has 0 radical (unpaired) electrons. The number of rotatable bonds is 10. The zero-order valence-corrected chi connectivity index (χ0v) is 20.1. The van der Waals surface area contributed by atoms with Crippen molar-refractivity contribution in [2.75, 3.05) is 23.3 Å². The van der Waals surface area contributed by atoms with E-state index in [1.807, 2.05) is 20.8 Å². The average molecular weight is 412 g/mol. The zero-order chi connectivity index (χ0) is 22.3. The predicted molar refractivity (Wildman–Crippen MR) is 127 cm³/mol. The molecule has 0 bridgehead atoms. The van der Waals surface area contributed by atoms with Gasteiger partial charge in [-0.05, 0) is 55.4 Å². The van der Waals surface area contributed by atoms with Gasteiger partial charge in [-0.3, -0.25) is 4.79 Å². The van der Waals surface area contributed by atoms with Crippen LogP contribution in [-0.4, -0.2) is 19.0 Å². The molecule has 1 amide bonds. The quantitative estimate of drug-likeness (QED) is 0.449. The predicted octanol–water partition coefficient (Wildman–Crippen LogP) is 6.47. The van der Waals surface area contributed by atoms with E-state index < -0.39 is 5.41 Å². The maximum absolute atomic E-state index is 12.9. The van der Waals surface area contributed by atoms with Crippen LogP contribution in [0.3, 0.4) is 0 Å². The Balaban J connectivity index is 2.32. The molecule has 0 fully saturated rings. The Morgan fingerprint density at radius 1 is 1.10 bits per heavy atom. The van der Waals surface area contributed by atoms with E-state index in [2.05, 4.69) is 37.1 Å². The third-order valence-corrected chi connectivity index (χ3v) is 6.39. The number of unbranched alkanes of at least 4 members (excludes halogenated alkanes) is 5. The molecule has 0 atom stereocenters. The highest BCUT2D eigenvalue weighted by Crippen LogP contribution is 2.43. The fraction of sp³-hybridized carbons (Fsp3) is 0.692. The molecule has 1 heterocycles. The number of nitrogens with zero attached hydrogens (tertiary/aromatic N) is 2. The van der Waals surface area contributed by atoms with Crippen molar-refractivity contribution in [1.82, 2.24) is 0 Å². The summed E-state index contributed by atoms with van der Waals surface area (Å²) in [5.74, 6) is 0.0503. The normalized spacial score (nSPS) is 13.3. The van der Waals surface area contributed by atoms with Crippen LogP contribution in [0.5, 0.6) is 0 Å². The fourth-order valence-electron chi connectivity index (χ4n) is 4.45. The number of fused-ring (bicyclic) bond motifs is 1. The van der Waals surface area contributed by atoms with Crippen LogP contribution in [0.25, 0.3) is 0 Å². The van der Waals surface area contributed by atoms with E-state index in [0.717, 1.165) is 37.2 Å². The number of nitrogens with one attached hydrogen (secondary N) is 1. The third-order valence-electron chi connectivity index (χ3n) is 6.39. The molecule has 1 aliphatic heterocycles. The first-order chi connectivity index (χ1) is 14.2. The van der Waals surface area contributed by atoms with Gasteiger partial charge in [-0.1, -0.05) is 59.8 Å². The second-order valence-corrected chi connectivity index (χ2v) is 9.80. The van der Waals surface area contributed by atoms with Gasteiger partial charge < -0.3 is 10.2 Å². The van der Waals surface area contributed by atoms with E-state index in [1.54, 1.807) is 0 Å². The molecule has 0 saturated carbocycles. The topological polar surface area (TPSA) is 56.1 Å². The minimum atomic E-state index is -0.445. The molecular formula is C26H41N3O. The van der Waals surface area contributed by atoms with Crippen molar-refractivity contribution in [2.24, 2.45) is 5.41 Å². The average Bonchev–Trinajstić information content (AvgIpc) is 3.11. The van der Waals surface area contributed by atoms with Crippen LogP contribution in [-0.2, 0) is 17.6 Å². The molecule has 0 saturated heterocycles. The second-order valence-electron chi connectivity index (χ2n) is 9.80. The van der Waals surface area contributed by atoms with Crippen LogP contribution in [0.1, 0.15) is 94.9 Å². The first-order valence-corrected chi connectivity index (χ1v) is 11.8. The number of carbonyl (C=O) groups excluding carboxylic acids is 1. The summed E-state index contributed by atoms with van der Waals surface area (Å²) in [6.07, 6.45) is 10.0. The smallest absolute Gasteiger partial charge is 0.229 e. The van der Waals surface area contributed by atoms with Crippen LogP contribution in [0.2, 0.25) is 0 Å². The standard InChI is InChI=1S/C26H41N3O/c1-7-8-9-10-11-12-17-29-18-15-22-19(2)21(14-13-16-27)20(3)23(24(22)29)28-25(30)26(4,5)6/h7-15,17-18H2,1-6H3,(H,28,30). The van der Waals surface area contributed by atoms with Crippen molar-refractivity contribution >= 4 is 17.3 Å². The molecule has 0 aliphatic carbocycles. The summed E-state index contributed by atoms with van der Waals surface area (Å²) in [6.45, 7) is 14.5. The van der Waals surface area contributed by atoms with Crippen LogP contribution < -0.4 is 10.2 Å². The SMILES string of the molecule is CCCCCCCCN1CCc2c(C)c(CCC#N)c(C)c(NC(=O)C(C)(C)C)c21. The summed E-state index contributed by atoms with van der Waals surface area (Å²) in [6, 6.07) is 2.28. The lowest BCUT2D eigenvalue weighted by molar-refractivity contribution is -0.123. The van der Waals surface area contributed by atoms with Crippen molar-refractivity contribution in [2.45, 2.75) is 99.3 Å². The van der Waals surface area contributed by atoms with Gasteiger partial charge in [0.2, 0.25) is 5.91 Å². The first kappa shape index (κ1) is 24.3. The van der Waals surface area contributed by atoms with Gasteiger partial charge in [-0.2, -0.15) is 5.26 Å². The molecule has 4 nitrogen and oxygen atoms in total. The highest BCUT2D eigenvalue weighted by Gasteiger charge is 2.30. The van der Waals surface area contributed by atoms with E-state index in [0.29, 0.717) is 6.42 Å². The van der Waals surface area contributed by atoms with Gasteiger partial charge in [0.05, 0.1) is 17.4 Å². The van der Waals surface area contributed by atoms with Crippen LogP contribution >= 0.6 is 0 Å². The monoisotopic (exact) mass is 411 g/mol. The Morgan fingerprint density at radius 2 is 1.77 bits per heavy atom. The van der Waals surface area contributed by atoms with Crippen molar-refractivity contribution in [3.63, 3.8) is 0 Å². The van der Waals surface area contributed by atoms with Crippen molar-refractivity contribution < 1.29 is 4.79 Å². The van der Waals surface area contributed by atoms with Crippen molar-refractivity contribution in [1.29, 1.82) is 5.26 Å². The number of amides is 1. The first-order valence-electron chi connectivity index (χ1n) is 11.8. The van der Waals surface area contributed by atoms with Crippen LogP contribution in [0, 0.1) is 30.6 Å². The van der Waals surface area contributed by atoms with Gasteiger partial charge in [0.1, 0.15) is 0 Å². The van der Waals surface area contributed by atoms with Gasteiger partial charge in [0, 0.05) is 24.9 Å². The van der Waals surface area contributed by atoms with Gasteiger partial charge in [-0.15, -0.1) is 0 Å². The number of benzene rings is 1. The lowest BCUT2D eigenvalue weighted by Gasteiger charge is -2.28. The Kier molecular flexibility index (Phi) is 8.77. The molecular weight excluding hydrogens is 370 g/mol. The number of hydrogen-bond acceptors (Lipinski definition) is 3. The summed E-state index contributed by atoms with van der Waals surface area (Å²) >= 11 is 0. The minimum absolute atomic E-state index is 0.0503. The summed E-state index contributed by atoms with van der Waals surface area (Å²) < 4.78 is 0. The lowest BCUT2D eigenvalue weighted by Crippen LogP contribution is -2.30. The van der Waals surface area contributed by atoms with E-state index in [9.17, 15) is 4.79 Å². The number of carbonyl (C=O) groups is 1. The third kappa shape index (κ3) is 5.78. The highest BCUT2D eigenvalue weighted by molar-refractivity contribution is 6.00. The summed E-state index contributed by atoms with van der Waals surface area (Å²) in [7, 11) is 0. The van der Waals surface area contributed by atoms with Crippen LogP contribution in [0.15, 0.2) is 0 Å². The minimum Gasteiger partial charge on any atom is -0.369 e. The van der Waals surface area contributed by atoms with E-state index in [4.69, 9.17) is 5.26 Å². The van der Waals surface area contributed by atoms with Crippen molar-refractivity contribution in [3.05, 3.63) is 22.3 Å². The Morgan fingerprint density at radius 3 is 2.40 bits per heavy atom. The molecule has 2 rings (SSSR count). The molecule has 1 N–H and O–H groups in total. The molecule has 0 aromatic heterocycles. The molecule has 0 unspecified atom stereocenters. The Bertz CT molecular complexity index is 783. The zero-order valence-electron chi connectivity index (χ0n) is 20.1. The van der Waals surface area contributed by atoms with Crippen molar-refractivity contribution in [3.8, 4) is 6.07 Å². The molecule has 0 spiro atoms. The van der Waals surface area contributed by atoms with E-state index in [-0.39, 0.29) is 5.91 Å². The van der Waals surface area contributed by atoms with Gasteiger partial charge in [0.15, 0.2) is 0 Å². The summed E-state index contributed by atoms with van der Waals surface area (Å²) in [4.78, 5) is 15.4. The lowest BCUT2D eigenvalue weighted by atomic mass is 9.90. The molecule has 4 heteroatoms. The molecule has 1 aromatic carbocycles. The van der Waals surface area contributed by atoms with Gasteiger partial charge in [0.25, 0.3) is 0 Å². The van der Waals surface area contributed by atoms with E-state index in [1.165, 1.54) is 60.9 Å². The maximum Gasteiger partial charge on any atom is 0.229 e. The number of anilines is 2. The Labute approximate surface area is 184 Å². The second kappa shape index (κ2) is 10.8. The molecule has 1 aromatic rings. The number of hydrogen-bond donors (Lipinski definition) is 1.